The molecule has 1 aliphatic carbocycles. The smallest absolute Gasteiger partial charge is 0.222 e. The Kier molecular flexibility index (Phi) is 8.81. The second-order valence-electron chi connectivity index (χ2n) is 8.14. The fraction of sp³-hybridized carbons (Fsp3) is 0.652. The van der Waals surface area contributed by atoms with E-state index < -0.39 is 0 Å². The van der Waals surface area contributed by atoms with Gasteiger partial charge in [0.25, 0.3) is 0 Å². The first-order valence-electron chi connectivity index (χ1n) is 11.2. The Hall–Kier alpha value is -2.08. The summed E-state index contributed by atoms with van der Waals surface area (Å²) >= 11 is 0. The number of nitrogens with one attached hydrogen (secondary N) is 2. The molecule has 1 saturated carbocycles. The molecule has 1 aliphatic heterocycles. The summed E-state index contributed by atoms with van der Waals surface area (Å²) in [5, 5.41) is 6.52. The Morgan fingerprint density at radius 2 is 2.00 bits per heavy atom. The molecule has 2 N–H and O–H groups in total. The first-order chi connectivity index (χ1) is 14.2. The van der Waals surface area contributed by atoms with Crippen LogP contribution < -0.4 is 10.6 Å². The summed E-state index contributed by atoms with van der Waals surface area (Å²) in [6, 6.07) is 10.7. The van der Waals surface area contributed by atoms with Crippen LogP contribution in [0.1, 0.15) is 51.0 Å². The van der Waals surface area contributed by atoms with E-state index in [0.717, 1.165) is 51.5 Å². The van der Waals surface area contributed by atoms with Crippen LogP contribution in [0.3, 0.4) is 0 Å². The Morgan fingerprint density at radius 1 is 1.21 bits per heavy atom. The van der Waals surface area contributed by atoms with Gasteiger partial charge in [-0.05, 0) is 31.7 Å². The van der Waals surface area contributed by atoms with Crippen LogP contribution in [0.25, 0.3) is 0 Å². The highest BCUT2D eigenvalue weighted by Gasteiger charge is 2.25. The number of hydrogen-bond donors (Lipinski definition) is 2. The third-order valence-corrected chi connectivity index (χ3v) is 5.71. The Balaban J connectivity index is 1.39. The minimum absolute atomic E-state index is 0.130. The molecule has 2 fully saturated rings. The predicted octanol–water partition coefficient (Wildman–Crippen LogP) is 2.94. The van der Waals surface area contributed by atoms with Gasteiger partial charge in [0.2, 0.25) is 5.91 Å². The van der Waals surface area contributed by atoms with Crippen LogP contribution in [-0.4, -0.2) is 55.6 Å². The summed E-state index contributed by atoms with van der Waals surface area (Å²) in [6.07, 6.45) is 6.29. The van der Waals surface area contributed by atoms with E-state index in [1.54, 1.807) is 0 Å². The normalized spacial score (nSPS) is 20.2. The van der Waals surface area contributed by atoms with Gasteiger partial charge in [0, 0.05) is 38.0 Å². The van der Waals surface area contributed by atoms with Gasteiger partial charge in [-0.15, -0.1) is 0 Å². The molecule has 6 heteroatoms. The van der Waals surface area contributed by atoms with Gasteiger partial charge in [0.1, 0.15) is 0 Å². The van der Waals surface area contributed by atoms with Crippen LogP contribution in [0, 0.1) is 5.92 Å². The maximum Gasteiger partial charge on any atom is 0.222 e. The number of amides is 1. The van der Waals surface area contributed by atoms with Gasteiger partial charge in [-0.2, -0.15) is 0 Å². The molecular formula is C23H36N4O2. The molecule has 0 radical (unpaired) electrons. The number of likely N-dealkylation sites (tertiary alicyclic amines) is 1. The van der Waals surface area contributed by atoms with Crippen molar-refractivity contribution in [2.24, 2.45) is 10.9 Å². The lowest BCUT2D eigenvalue weighted by Gasteiger charge is -2.21. The van der Waals surface area contributed by atoms with E-state index in [2.05, 4.69) is 34.6 Å². The fourth-order valence-corrected chi connectivity index (χ4v) is 4.14. The van der Waals surface area contributed by atoms with E-state index in [9.17, 15) is 4.79 Å². The number of carbonyl (C=O) groups excluding carboxylic acids is 1. The molecule has 1 heterocycles. The molecule has 1 atom stereocenters. The van der Waals surface area contributed by atoms with Crippen LogP contribution >= 0.6 is 0 Å². The number of carbonyl (C=O) groups is 1. The quantitative estimate of drug-likeness (QED) is 0.494. The summed E-state index contributed by atoms with van der Waals surface area (Å²) in [6.45, 7) is 6.83. The molecule has 29 heavy (non-hydrogen) atoms. The molecule has 0 bridgehead atoms. The molecular weight excluding hydrogens is 364 g/mol. The Labute approximate surface area is 175 Å². The van der Waals surface area contributed by atoms with Gasteiger partial charge in [-0.1, -0.05) is 43.2 Å². The van der Waals surface area contributed by atoms with E-state index in [4.69, 9.17) is 9.73 Å². The van der Waals surface area contributed by atoms with Crippen LogP contribution in [0.5, 0.6) is 0 Å². The van der Waals surface area contributed by atoms with Crippen molar-refractivity contribution in [3.63, 3.8) is 0 Å². The zero-order valence-electron chi connectivity index (χ0n) is 17.7. The van der Waals surface area contributed by atoms with E-state index in [1.807, 2.05) is 18.2 Å². The highest BCUT2D eigenvalue weighted by Crippen LogP contribution is 2.18. The molecule has 6 nitrogen and oxygen atoms in total. The third kappa shape index (κ3) is 7.35. The van der Waals surface area contributed by atoms with Crippen molar-refractivity contribution < 1.29 is 9.53 Å². The average Bonchev–Trinajstić information content (AvgIpc) is 3.40. The molecule has 2 aliphatic rings. The number of aliphatic imine (C=N–C) groups is 1. The summed E-state index contributed by atoms with van der Waals surface area (Å²) in [4.78, 5) is 19.1. The number of guanidine groups is 1. The summed E-state index contributed by atoms with van der Waals surface area (Å²) < 4.78 is 5.93. The molecule has 1 saturated heterocycles. The summed E-state index contributed by atoms with van der Waals surface area (Å²) in [5.41, 5.74) is 1.22. The zero-order valence-corrected chi connectivity index (χ0v) is 17.7. The predicted molar refractivity (Wildman–Crippen MR) is 117 cm³/mol. The highest BCUT2D eigenvalue weighted by molar-refractivity contribution is 5.81. The lowest BCUT2D eigenvalue weighted by atomic mass is 10.1. The highest BCUT2D eigenvalue weighted by atomic mass is 16.5. The SMILES string of the molecule is CCNC(=NCCC(=O)NC1CCCC1)N1CCC(COCc2ccccc2)C1. The topological polar surface area (TPSA) is 66.0 Å². The van der Waals surface area contributed by atoms with Gasteiger partial charge >= 0.3 is 0 Å². The average molecular weight is 401 g/mol. The number of nitrogens with zero attached hydrogens (tertiary/aromatic N) is 2. The molecule has 3 rings (SSSR count). The van der Waals surface area contributed by atoms with E-state index in [1.165, 1.54) is 18.4 Å². The zero-order chi connectivity index (χ0) is 20.3. The second kappa shape index (κ2) is 11.8. The van der Waals surface area contributed by atoms with E-state index in [-0.39, 0.29) is 5.91 Å². The summed E-state index contributed by atoms with van der Waals surface area (Å²) in [7, 11) is 0. The molecule has 1 amide bonds. The molecule has 160 valence electrons. The number of rotatable bonds is 9. The summed E-state index contributed by atoms with van der Waals surface area (Å²) in [5.74, 6) is 1.57. The van der Waals surface area contributed by atoms with Crippen molar-refractivity contribution in [3.05, 3.63) is 35.9 Å². The van der Waals surface area contributed by atoms with Crippen LogP contribution in [0.4, 0.5) is 0 Å². The van der Waals surface area contributed by atoms with Crippen LogP contribution in [-0.2, 0) is 16.1 Å². The van der Waals surface area contributed by atoms with E-state index >= 15 is 0 Å². The molecule has 1 aromatic carbocycles. The maximum absolute atomic E-state index is 12.1. The van der Waals surface area contributed by atoms with Crippen molar-refractivity contribution in [2.75, 3.05) is 32.8 Å². The van der Waals surface area contributed by atoms with Crippen molar-refractivity contribution >= 4 is 11.9 Å². The number of benzene rings is 1. The van der Waals surface area contributed by atoms with Crippen LogP contribution in [0.15, 0.2) is 35.3 Å². The van der Waals surface area contributed by atoms with Gasteiger partial charge in [-0.25, -0.2) is 0 Å². The van der Waals surface area contributed by atoms with Crippen molar-refractivity contribution in [3.8, 4) is 0 Å². The van der Waals surface area contributed by atoms with Crippen molar-refractivity contribution in [1.82, 2.24) is 15.5 Å². The first-order valence-corrected chi connectivity index (χ1v) is 11.2. The number of hydrogen-bond acceptors (Lipinski definition) is 3. The second-order valence-corrected chi connectivity index (χ2v) is 8.14. The minimum atomic E-state index is 0.130. The monoisotopic (exact) mass is 400 g/mol. The van der Waals surface area contributed by atoms with Gasteiger partial charge in [-0.3, -0.25) is 9.79 Å². The lowest BCUT2D eigenvalue weighted by Crippen LogP contribution is -2.40. The largest absolute Gasteiger partial charge is 0.376 e. The Morgan fingerprint density at radius 3 is 2.76 bits per heavy atom. The molecule has 0 aromatic heterocycles. The van der Waals surface area contributed by atoms with Crippen LogP contribution in [0.2, 0.25) is 0 Å². The number of ether oxygens (including phenoxy) is 1. The fourth-order valence-electron chi connectivity index (χ4n) is 4.14. The van der Waals surface area contributed by atoms with Crippen molar-refractivity contribution in [1.29, 1.82) is 0 Å². The van der Waals surface area contributed by atoms with Gasteiger partial charge in [0.05, 0.1) is 19.8 Å². The van der Waals surface area contributed by atoms with Crippen molar-refractivity contribution in [2.45, 2.75) is 58.1 Å². The lowest BCUT2D eigenvalue weighted by molar-refractivity contribution is -0.121. The van der Waals surface area contributed by atoms with Gasteiger partial charge in [0.15, 0.2) is 5.96 Å². The third-order valence-electron chi connectivity index (χ3n) is 5.71. The van der Waals surface area contributed by atoms with Gasteiger partial charge < -0.3 is 20.3 Å². The minimum Gasteiger partial charge on any atom is -0.376 e. The first kappa shape index (κ1) is 21.6. The molecule has 1 aromatic rings. The standard InChI is InChI=1S/C23H36N4O2/c1-2-24-23(25-14-12-22(28)26-21-10-6-7-11-21)27-15-13-20(16-27)18-29-17-19-8-4-3-5-9-19/h3-5,8-9,20-21H,2,6-7,10-18H2,1H3,(H,24,25)(H,26,28). The molecule has 0 spiro atoms. The molecule has 1 unspecified atom stereocenters. The maximum atomic E-state index is 12.1. The van der Waals surface area contributed by atoms with E-state index in [0.29, 0.717) is 31.5 Å². The Bertz CT molecular complexity index is 644.